The van der Waals surface area contributed by atoms with Gasteiger partial charge < -0.3 is 5.11 Å². The number of rotatable bonds is 3. The summed E-state index contributed by atoms with van der Waals surface area (Å²) in [4.78, 5) is 4.26. The van der Waals surface area contributed by atoms with Crippen LogP contribution in [0.1, 0.15) is 5.56 Å². The smallest absolute Gasteiger partial charge is 0.0778 e. The molecule has 0 amide bonds. The molecule has 26 heavy (non-hydrogen) atoms. The Morgan fingerprint density at radius 3 is 1.31 bits per heavy atom. The maximum Gasteiger partial charge on any atom is 0.0778 e. The van der Waals surface area contributed by atoms with Crippen LogP contribution >= 0.6 is 69.6 Å². The van der Waals surface area contributed by atoms with Gasteiger partial charge in [-0.1, -0.05) is 69.6 Å². The lowest BCUT2D eigenvalue weighted by atomic mass is 9.95. The Labute approximate surface area is 180 Å². The van der Waals surface area contributed by atoms with Gasteiger partial charge in [0.15, 0.2) is 0 Å². The van der Waals surface area contributed by atoms with E-state index in [1.807, 2.05) is 0 Å². The third-order valence-corrected chi connectivity index (χ3v) is 6.20. The lowest BCUT2D eigenvalue weighted by Gasteiger charge is -2.15. The minimum Gasteiger partial charge on any atom is -0.392 e. The second-order valence-electron chi connectivity index (χ2n) is 5.38. The van der Waals surface area contributed by atoms with E-state index in [0.29, 0.717) is 47.9 Å². The zero-order valence-electron chi connectivity index (χ0n) is 12.8. The maximum atomic E-state index is 10.00. The quantitative estimate of drug-likeness (QED) is 0.398. The molecule has 2 nitrogen and oxygen atoms in total. The number of aromatic nitrogens is 1. The fourth-order valence-corrected chi connectivity index (χ4v) is 3.77. The number of aliphatic hydroxyl groups is 1. The summed E-state index contributed by atoms with van der Waals surface area (Å²) in [6.45, 7) is -0.247. The molecular formula is C18H9Cl6NO. The zero-order valence-corrected chi connectivity index (χ0v) is 17.4. The summed E-state index contributed by atoms with van der Waals surface area (Å²) in [7, 11) is 0. The summed E-state index contributed by atoms with van der Waals surface area (Å²) in [6.07, 6.45) is 3.23. The largest absolute Gasteiger partial charge is 0.392 e. The van der Waals surface area contributed by atoms with Gasteiger partial charge in [-0.15, -0.1) is 0 Å². The van der Waals surface area contributed by atoms with E-state index in [9.17, 15) is 5.11 Å². The molecule has 0 aliphatic rings. The number of pyridine rings is 1. The molecule has 0 aliphatic heterocycles. The fraction of sp³-hybridized carbons (Fsp3) is 0.0556. The number of hydrogen-bond acceptors (Lipinski definition) is 2. The molecule has 0 saturated carbocycles. The van der Waals surface area contributed by atoms with Crippen molar-refractivity contribution in [3.8, 4) is 22.3 Å². The van der Waals surface area contributed by atoms with Gasteiger partial charge in [0.2, 0.25) is 0 Å². The fourth-order valence-electron chi connectivity index (χ4n) is 2.58. The van der Waals surface area contributed by atoms with E-state index < -0.39 is 0 Å². The van der Waals surface area contributed by atoms with Gasteiger partial charge in [0.25, 0.3) is 0 Å². The van der Waals surface area contributed by atoms with E-state index in [1.165, 1.54) is 0 Å². The van der Waals surface area contributed by atoms with Crippen molar-refractivity contribution in [2.24, 2.45) is 0 Å². The van der Waals surface area contributed by atoms with Gasteiger partial charge in [-0.2, -0.15) is 0 Å². The van der Waals surface area contributed by atoms with Crippen molar-refractivity contribution < 1.29 is 5.11 Å². The SMILES string of the molecule is OCc1c(-c2cc(Cl)c(Cl)c(Cl)c2)cncc1-c1cc(Cl)c(Cl)c(Cl)c1. The second kappa shape index (κ2) is 8.12. The van der Waals surface area contributed by atoms with Gasteiger partial charge in [-0.3, -0.25) is 4.98 Å². The van der Waals surface area contributed by atoms with E-state index in [1.54, 1.807) is 36.7 Å². The van der Waals surface area contributed by atoms with E-state index >= 15 is 0 Å². The van der Waals surface area contributed by atoms with Crippen LogP contribution < -0.4 is 0 Å². The van der Waals surface area contributed by atoms with Crippen LogP contribution in [0.2, 0.25) is 30.1 Å². The molecule has 0 fully saturated rings. The Morgan fingerprint density at radius 1 is 0.654 bits per heavy atom. The summed E-state index contributed by atoms with van der Waals surface area (Å²) in [5, 5.41) is 11.8. The number of nitrogens with zero attached hydrogens (tertiary/aromatic N) is 1. The van der Waals surface area contributed by atoms with Crippen LogP contribution in [0, 0.1) is 0 Å². The third kappa shape index (κ3) is 3.79. The summed E-state index contributed by atoms with van der Waals surface area (Å²) in [5.74, 6) is 0. The number of hydrogen-bond donors (Lipinski definition) is 1. The Bertz CT molecular complexity index is 883. The lowest BCUT2D eigenvalue weighted by molar-refractivity contribution is 0.283. The zero-order chi connectivity index (χ0) is 19.0. The molecule has 0 radical (unpaired) electrons. The molecule has 0 aliphatic carbocycles. The van der Waals surface area contributed by atoms with Gasteiger partial charge >= 0.3 is 0 Å². The molecule has 8 heteroatoms. The molecule has 0 atom stereocenters. The molecule has 134 valence electrons. The molecular weight excluding hydrogens is 459 g/mol. The minimum absolute atomic E-state index is 0.247. The molecule has 3 rings (SSSR count). The van der Waals surface area contributed by atoms with Crippen molar-refractivity contribution in [1.82, 2.24) is 4.98 Å². The first-order chi connectivity index (χ1) is 12.3. The van der Waals surface area contributed by atoms with Crippen LogP contribution in [-0.4, -0.2) is 10.1 Å². The van der Waals surface area contributed by atoms with Gasteiger partial charge in [-0.25, -0.2) is 0 Å². The van der Waals surface area contributed by atoms with Crippen LogP contribution in [0.15, 0.2) is 36.7 Å². The predicted molar refractivity (Wildman–Crippen MR) is 111 cm³/mol. The maximum absolute atomic E-state index is 10.00. The first kappa shape index (κ1) is 20.0. The monoisotopic (exact) mass is 465 g/mol. The molecule has 1 heterocycles. The highest BCUT2D eigenvalue weighted by molar-refractivity contribution is 6.49. The molecule has 0 unspecified atom stereocenters. The Kier molecular flexibility index (Phi) is 6.25. The average molecular weight is 468 g/mol. The van der Waals surface area contributed by atoms with E-state index in [0.717, 1.165) is 0 Å². The van der Waals surface area contributed by atoms with Crippen molar-refractivity contribution >= 4 is 69.6 Å². The van der Waals surface area contributed by atoms with Gasteiger partial charge in [0, 0.05) is 23.5 Å². The van der Waals surface area contributed by atoms with Crippen molar-refractivity contribution in [2.45, 2.75) is 6.61 Å². The third-order valence-electron chi connectivity index (χ3n) is 3.81. The first-order valence-corrected chi connectivity index (χ1v) is 9.47. The molecule has 1 N–H and O–H groups in total. The van der Waals surface area contributed by atoms with E-state index in [2.05, 4.69) is 4.98 Å². The number of aliphatic hydroxyl groups excluding tert-OH is 1. The standard InChI is InChI=1S/C18H9Cl6NO/c19-13-1-8(2-14(20)17(13)23)10-5-25-6-11(12(10)7-26)9-3-15(21)18(24)16(22)4-9/h1-6,26H,7H2. The van der Waals surface area contributed by atoms with E-state index in [4.69, 9.17) is 69.6 Å². The Hall–Kier alpha value is -0.710. The average Bonchev–Trinajstić information content (AvgIpc) is 2.62. The summed E-state index contributed by atoms with van der Waals surface area (Å²) in [5.41, 5.74) is 3.28. The van der Waals surface area contributed by atoms with Crippen LogP contribution in [0.3, 0.4) is 0 Å². The Balaban J connectivity index is 2.24. The number of benzene rings is 2. The first-order valence-electron chi connectivity index (χ1n) is 7.21. The van der Waals surface area contributed by atoms with Crippen LogP contribution in [0.5, 0.6) is 0 Å². The molecule has 1 aromatic heterocycles. The van der Waals surface area contributed by atoms with Crippen molar-refractivity contribution in [2.75, 3.05) is 0 Å². The topological polar surface area (TPSA) is 33.1 Å². The Morgan fingerprint density at radius 2 is 1.00 bits per heavy atom. The minimum atomic E-state index is -0.247. The van der Waals surface area contributed by atoms with Crippen molar-refractivity contribution in [1.29, 1.82) is 0 Å². The van der Waals surface area contributed by atoms with Crippen LogP contribution in [0.4, 0.5) is 0 Å². The highest BCUT2D eigenvalue weighted by Gasteiger charge is 2.16. The molecule has 0 spiro atoms. The predicted octanol–water partition coefficient (Wildman–Crippen LogP) is 7.83. The van der Waals surface area contributed by atoms with Gasteiger partial charge in [0.1, 0.15) is 0 Å². The van der Waals surface area contributed by atoms with E-state index in [-0.39, 0.29) is 16.7 Å². The second-order valence-corrected chi connectivity index (χ2v) is 7.76. The van der Waals surface area contributed by atoms with Crippen molar-refractivity contribution in [3.63, 3.8) is 0 Å². The summed E-state index contributed by atoms with van der Waals surface area (Å²) >= 11 is 36.6. The highest BCUT2D eigenvalue weighted by Crippen LogP contribution is 2.40. The van der Waals surface area contributed by atoms with Gasteiger partial charge in [-0.05, 0) is 41.0 Å². The molecule has 0 bridgehead atoms. The van der Waals surface area contributed by atoms with Gasteiger partial charge in [0.05, 0.1) is 36.7 Å². The summed E-state index contributed by atoms with van der Waals surface area (Å²) < 4.78 is 0. The number of halogens is 6. The van der Waals surface area contributed by atoms with Crippen LogP contribution in [-0.2, 0) is 6.61 Å². The van der Waals surface area contributed by atoms with Crippen LogP contribution in [0.25, 0.3) is 22.3 Å². The lowest BCUT2D eigenvalue weighted by Crippen LogP contribution is -1.96. The van der Waals surface area contributed by atoms with Crippen molar-refractivity contribution in [3.05, 3.63) is 72.4 Å². The highest BCUT2D eigenvalue weighted by atomic mass is 35.5. The molecule has 3 aromatic rings. The normalized spacial score (nSPS) is 11.0. The summed E-state index contributed by atoms with van der Waals surface area (Å²) in [6, 6.07) is 6.66. The molecule has 0 saturated heterocycles. The molecule has 2 aromatic carbocycles.